The van der Waals surface area contributed by atoms with E-state index in [1.54, 1.807) is 0 Å². The Kier molecular flexibility index (Phi) is 5.27. The van der Waals surface area contributed by atoms with Crippen LogP contribution in [0.3, 0.4) is 0 Å². The van der Waals surface area contributed by atoms with Crippen molar-refractivity contribution in [3.8, 4) is 11.5 Å². The highest BCUT2D eigenvalue weighted by atomic mass is 16.6. The van der Waals surface area contributed by atoms with Gasteiger partial charge in [0, 0.05) is 0 Å². The van der Waals surface area contributed by atoms with Crippen LogP contribution in [0.4, 0.5) is 0 Å². The number of rotatable bonds is 5. The van der Waals surface area contributed by atoms with Gasteiger partial charge >= 0.3 is 0 Å². The first-order valence-corrected chi connectivity index (χ1v) is 8.80. The van der Waals surface area contributed by atoms with Crippen LogP contribution in [0.15, 0.2) is 48.5 Å². The Labute approximate surface area is 149 Å². The number of ether oxygens (including phenoxy) is 2. The van der Waals surface area contributed by atoms with Gasteiger partial charge in [-0.15, -0.1) is 0 Å². The molecular weight excluding hydrogens is 314 g/mol. The molecule has 2 atom stereocenters. The van der Waals surface area contributed by atoms with Crippen LogP contribution in [0.1, 0.15) is 37.9 Å². The first-order valence-electron chi connectivity index (χ1n) is 8.80. The Morgan fingerprint density at radius 1 is 1.08 bits per heavy atom. The highest BCUT2D eigenvalue weighted by molar-refractivity contribution is 5.82. The van der Waals surface area contributed by atoms with Crippen LogP contribution in [0.25, 0.3) is 0 Å². The fourth-order valence-electron chi connectivity index (χ4n) is 2.95. The van der Waals surface area contributed by atoms with Crippen molar-refractivity contribution in [3.63, 3.8) is 0 Å². The zero-order valence-corrected chi connectivity index (χ0v) is 15.0. The van der Waals surface area contributed by atoms with Crippen LogP contribution in [-0.4, -0.2) is 18.6 Å². The first kappa shape index (κ1) is 17.3. The number of para-hydroxylation sites is 2. The van der Waals surface area contributed by atoms with Crippen LogP contribution in [-0.2, 0) is 11.2 Å². The maximum Gasteiger partial charge on any atom is 0.265 e. The van der Waals surface area contributed by atoms with Gasteiger partial charge in [-0.1, -0.05) is 50.2 Å². The van der Waals surface area contributed by atoms with Crippen molar-refractivity contribution in [2.45, 2.75) is 39.3 Å². The van der Waals surface area contributed by atoms with Crippen molar-refractivity contribution in [2.75, 3.05) is 6.61 Å². The predicted octanol–water partition coefficient (Wildman–Crippen LogP) is 3.90. The predicted molar refractivity (Wildman–Crippen MR) is 97.9 cm³/mol. The molecule has 0 aromatic heterocycles. The number of carbonyl (C=O) groups excluding carboxylic acids is 1. The van der Waals surface area contributed by atoms with Gasteiger partial charge in [0.2, 0.25) is 6.10 Å². The van der Waals surface area contributed by atoms with E-state index in [0.29, 0.717) is 17.4 Å². The zero-order chi connectivity index (χ0) is 17.8. The molecule has 25 heavy (non-hydrogen) atoms. The summed E-state index contributed by atoms with van der Waals surface area (Å²) in [6.07, 6.45) is 0.436. The monoisotopic (exact) mass is 339 g/mol. The Morgan fingerprint density at radius 3 is 2.44 bits per heavy atom. The van der Waals surface area contributed by atoms with E-state index >= 15 is 0 Å². The SMILES string of the molecule is CC(C)Cc1ccc([C@H](C)NC(=O)[C@H]2COc3ccccc3O2)cc1. The molecule has 132 valence electrons. The largest absolute Gasteiger partial charge is 0.485 e. The van der Waals surface area contributed by atoms with Crippen molar-refractivity contribution < 1.29 is 14.3 Å². The highest BCUT2D eigenvalue weighted by Crippen LogP contribution is 2.31. The molecule has 4 heteroatoms. The third kappa shape index (κ3) is 4.32. The molecule has 1 amide bonds. The summed E-state index contributed by atoms with van der Waals surface area (Å²) in [6.45, 7) is 6.62. The molecule has 0 unspecified atom stereocenters. The van der Waals surface area contributed by atoms with Crippen LogP contribution >= 0.6 is 0 Å². The molecule has 0 saturated carbocycles. The second-order valence-electron chi connectivity index (χ2n) is 6.93. The number of hydrogen-bond donors (Lipinski definition) is 1. The summed E-state index contributed by atoms with van der Waals surface area (Å²) < 4.78 is 11.4. The van der Waals surface area contributed by atoms with Crippen LogP contribution in [0.2, 0.25) is 0 Å². The maximum absolute atomic E-state index is 12.5. The molecule has 2 aromatic carbocycles. The zero-order valence-electron chi connectivity index (χ0n) is 15.0. The van der Waals surface area contributed by atoms with E-state index in [9.17, 15) is 4.79 Å². The van der Waals surface area contributed by atoms with Gasteiger partial charge in [-0.05, 0) is 42.5 Å². The number of carbonyl (C=O) groups is 1. The fraction of sp³-hybridized carbons (Fsp3) is 0.381. The van der Waals surface area contributed by atoms with Crippen molar-refractivity contribution in [1.29, 1.82) is 0 Å². The fourth-order valence-corrected chi connectivity index (χ4v) is 2.95. The third-order valence-corrected chi connectivity index (χ3v) is 4.28. The van der Waals surface area contributed by atoms with Gasteiger partial charge in [0.25, 0.3) is 5.91 Å². The van der Waals surface area contributed by atoms with E-state index in [0.717, 1.165) is 12.0 Å². The highest BCUT2D eigenvalue weighted by Gasteiger charge is 2.28. The van der Waals surface area contributed by atoms with Gasteiger partial charge in [0.05, 0.1) is 6.04 Å². The van der Waals surface area contributed by atoms with Crippen LogP contribution in [0, 0.1) is 5.92 Å². The Bertz CT molecular complexity index is 724. The lowest BCUT2D eigenvalue weighted by atomic mass is 10.00. The number of nitrogens with one attached hydrogen (secondary N) is 1. The second-order valence-corrected chi connectivity index (χ2v) is 6.93. The van der Waals surface area contributed by atoms with Crippen molar-refractivity contribution in [2.24, 2.45) is 5.92 Å². The molecule has 0 saturated heterocycles. The van der Waals surface area contributed by atoms with E-state index < -0.39 is 6.10 Å². The van der Waals surface area contributed by atoms with Crippen molar-refractivity contribution >= 4 is 5.91 Å². The van der Waals surface area contributed by atoms with E-state index in [1.165, 1.54) is 5.56 Å². The second kappa shape index (κ2) is 7.60. The molecule has 1 N–H and O–H groups in total. The minimum atomic E-state index is -0.627. The average molecular weight is 339 g/mol. The standard InChI is InChI=1S/C21H25NO3/c1-14(2)12-16-8-10-17(11-9-16)15(3)22-21(23)20-13-24-18-6-4-5-7-19(18)25-20/h4-11,14-15,20H,12-13H2,1-3H3,(H,22,23)/t15-,20+/m0/s1. The molecule has 0 spiro atoms. The van der Waals surface area contributed by atoms with Crippen LogP contribution in [0.5, 0.6) is 11.5 Å². The minimum Gasteiger partial charge on any atom is -0.485 e. The van der Waals surface area contributed by atoms with E-state index in [2.05, 4.69) is 43.4 Å². The number of benzene rings is 2. The molecule has 0 aliphatic carbocycles. The average Bonchev–Trinajstić information content (AvgIpc) is 2.61. The van der Waals surface area contributed by atoms with Gasteiger partial charge in [-0.25, -0.2) is 0 Å². The summed E-state index contributed by atoms with van der Waals surface area (Å²) >= 11 is 0. The van der Waals surface area contributed by atoms with Crippen molar-refractivity contribution in [1.82, 2.24) is 5.32 Å². The lowest BCUT2D eigenvalue weighted by molar-refractivity contribution is -0.131. The van der Waals surface area contributed by atoms with Crippen LogP contribution < -0.4 is 14.8 Å². The van der Waals surface area contributed by atoms with Gasteiger partial charge in [-0.3, -0.25) is 4.79 Å². The lowest BCUT2D eigenvalue weighted by Crippen LogP contribution is -2.44. The molecule has 1 aliphatic heterocycles. The van der Waals surface area contributed by atoms with Gasteiger partial charge in [0.1, 0.15) is 6.61 Å². The van der Waals surface area contributed by atoms with E-state index in [4.69, 9.17) is 9.47 Å². The molecule has 3 rings (SSSR count). The minimum absolute atomic E-state index is 0.0821. The molecule has 0 bridgehead atoms. The lowest BCUT2D eigenvalue weighted by Gasteiger charge is -2.26. The molecule has 0 radical (unpaired) electrons. The summed E-state index contributed by atoms with van der Waals surface area (Å²) in [5.41, 5.74) is 2.40. The molecule has 1 aliphatic rings. The smallest absolute Gasteiger partial charge is 0.265 e. The first-order chi connectivity index (χ1) is 12.0. The van der Waals surface area contributed by atoms with E-state index in [1.807, 2.05) is 31.2 Å². The third-order valence-electron chi connectivity index (χ3n) is 4.28. The number of amides is 1. The van der Waals surface area contributed by atoms with E-state index in [-0.39, 0.29) is 18.6 Å². The summed E-state index contributed by atoms with van der Waals surface area (Å²) in [6, 6.07) is 15.7. The van der Waals surface area contributed by atoms with Crippen molar-refractivity contribution in [3.05, 3.63) is 59.7 Å². The summed E-state index contributed by atoms with van der Waals surface area (Å²) in [5, 5.41) is 3.01. The topological polar surface area (TPSA) is 47.6 Å². The van der Waals surface area contributed by atoms with Gasteiger partial charge in [0.15, 0.2) is 11.5 Å². The van der Waals surface area contributed by atoms with Gasteiger partial charge in [-0.2, -0.15) is 0 Å². The maximum atomic E-state index is 12.5. The summed E-state index contributed by atoms with van der Waals surface area (Å²) in [4.78, 5) is 12.5. The Hall–Kier alpha value is -2.49. The number of fused-ring (bicyclic) bond motifs is 1. The quantitative estimate of drug-likeness (QED) is 0.899. The molecule has 1 heterocycles. The molecule has 0 fully saturated rings. The molecule has 2 aromatic rings. The molecular formula is C21H25NO3. The Morgan fingerprint density at radius 2 is 1.76 bits per heavy atom. The molecule has 4 nitrogen and oxygen atoms in total. The number of hydrogen-bond acceptors (Lipinski definition) is 3. The summed E-state index contributed by atoms with van der Waals surface area (Å²) in [5.74, 6) is 1.77. The van der Waals surface area contributed by atoms with Gasteiger partial charge < -0.3 is 14.8 Å². The normalized spacial score (nSPS) is 17.2. The Balaban J connectivity index is 1.59. The summed E-state index contributed by atoms with van der Waals surface area (Å²) in [7, 11) is 0.